The van der Waals surface area contributed by atoms with Gasteiger partial charge in [-0.2, -0.15) is 9.78 Å². The van der Waals surface area contributed by atoms with Crippen molar-refractivity contribution in [2.24, 2.45) is 0 Å². The molecule has 0 saturated heterocycles. The highest BCUT2D eigenvalue weighted by molar-refractivity contribution is 6.30. The molecule has 3 aromatic rings. The van der Waals surface area contributed by atoms with Gasteiger partial charge >= 0.3 is 0 Å². The zero-order valence-electron chi connectivity index (χ0n) is 10.2. The number of rotatable bonds is 2. The Morgan fingerprint density at radius 1 is 1.00 bits per heavy atom. The normalized spacial score (nSPS) is 10.7. The number of aromatic nitrogens is 4. The van der Waals surface area contributed by atoms with Gasteiger partial charge in [0.05, 0.1) is 5.69 Å². The Bertz CT molecular complexity index is 752. The summed E-state index contributed by atoms with van der Waals surface area (Å²) in [6.07, 6.45) is 0. The fraction of sp³-hybridized carbons (Fsp3) is 0. The number of benzene rings is 1. The van der Waals surface area contributed by atoms with Crippen molar-refractivity contribution < 1.29 is 0 Å². The minimum atomic E-state index is 0.314. The second-order valence-electron chi connectivity index (χ2n) is 4.09. The minimum absolute atomic E-state index is 0.314. The Morgan fingerprint density at radius 3 is 2.55 bits per heavy atom. The van der Waals surface area contributed by atoms with E-state index < -0.39 is 0 Å². The predicted molar refractivity (Wildman–Crippen MR) is 79.0 cm³/mol. The molecule has 1 aromatic carbocycles. The molecule has 0 bridgehead atoms. The smallest absolute Gasteiger partial charge is 0.178 e. The van der Waals surface area contributed by atoms with Crippen molar-refractivity contribution in [3.63, 3.8) is 0 Å². The van der Waals surface area contributed by atoms with E-state index in [1.165, 1.54) is 4.68 Å². The topological polar surface area (TPSA) is 69.6 Å². The summed E-state index contributed by atoms with van der Waals surface area (Å²) >= 11 is 11.7. The molecule has 0 spiro atoms. The van der Waals surface area contributed by atoms with E-state index >= 15 is 0 Å². The average Bonchev–Trinajstić information content (AvgIpc) is 2.82. The van der Waals surface area contributed by atoms with Gasteiger partial charge in [0.15, 0.2) is 11.0 Å². The maximum Gasteiger partial charge on any atom is 0.178 e. The fourth-order valence-electron chi connectivity index (χ4n) is 1.79. The van der Waals surface area contributed by atoms with Gasteiger partial charge in [-0.05, 0) is 24.3 Å². The van der Waals surface area contributed by atoms with Gasteiger partial charge in [0, 0.05) is 16.7 Å². The number of anilines is 1. The van der Waals surface area contributed by atoms with E-state index in [4.69, 9.17) is 28.9 Å². The molecule has 2 heterocycles. The SMILES string of the molecule is Nc1cc(-c2cccc(Cl)c2)nn1-c1ccc(Cl)nn1. The molecule has 0 saturated carbocycles. The van der Waals surface area contributed by atoms with E-state index in [0.29, 0.717) is 27.5 Å². The van der Waals surface area contributed by atoms with Crippen LogP contribution in [0.25, 0.3) is 17.1 Å². The van der Waals surface area contributed by atoms with Gasteiger partial charge in [0.1, 0.15) is 5.82 Å². The van der Waals surface area contributed by atoms with Crippen molar-refractivity contribution in [2.45, 2.75) is 0 Å². The molecule has 0 unspecified atom stereocenters. The van der Waals surface area contributed by atoms with Crippen LogP contribution in [-0.2, 0) is 0 Å². The minimum Gasteiger partial charge on any atom is -0.384 e. The Morgan fingerprint density at radius 2 is 1.85 bits per heavy atom. The third-order valence-corrected chi connectivity index (χ3v) is 3.13. The third-order valence-electron chi connectivity index (χ3n) is 2.69. The summed E-state index contributed by atoms with van der Waals surface area (Å²) in [6, 6.07) is 12.5. The highest BCUT2D eigenvalue weighted by Crippen LogP contribution is 2.24. The van der Waals surface area contributed by atoms with Gasteiger partial charge in [0.25, 0.3) is 0 Å². The lowest BCUT2D eigenvalue weighted by atomic mass is 10.1. The van der Waals surface area contributed by atoms with Crippen molar-refractivity contribution in [1.82, 2.24) is 20.0 Å². The van der Waals surface area contributed by atoms with Crippen molar-refractivity contribution >= 4 is 29.0 Å². The Balaban J connectivity index is 2.05. The van der Waals surface area contributed by atoms with Crippen LogP contribution in [0.3, 0.4) is 0 Å². The predicted octanol–water partition coefficient (Wildman–Crippen LogP) is 3.22. The zero-order chi connectivity index (χ0) is 14.1. The molecule has 2 aromatic heterocycles. The van der Waals surface area contributed by atoms with Crippen LogP contribution in [0.2, 0.25) is 10.2 Å². The quantitative estimate of drug-likeness (QED) is 0.789. The number of hydrogen-bond acceptors (Lipinski definition) is 4. The fourth-order valence-corrected chi connectivity index (χ4v) is 2.08. The molecule has 7 heteroatoms. The van der Waals surface area contributed by atoms with E-state index in [1.54, 1.807) is 24.3 Å². The lowest BCUT2D eigenvalue weighted by Crippen LogP contribution is -2.04. The lowest BCUT2D eigenvalue weighted by Gasteiger charge is -2.01. The molecular formula is C13H9Cl2N5. The molecule has 3 rings (SSSR count). The van der Waals surface area contributed by atoms with Gasteiger partial charge in [0.2, 0.25) is 0 Å². The summed E-state index contributed by atoms with van der Waals surface area (Å²) in [5.74, 6) is 0.955. The van der Waals surface area contributed by atoms with Gasteiger partial charge in [-0.1, -0.05) is 35.3 Å². The van der Waals surface area contributed by atoms with E-state index in [9.17, 15) is 0 Å². The molecule has 20 heavy (non-hydrogen) atoms. The van der Waals surface area contributed by atoms with Crippen molar-refractivity contribution in [1.29, 1.82) is 0 Å². The monoisotopic (exact) mass is 305 g/mol. The summed E-state index contributed by atoms with van der Waals surface area (Å²) < 4.78 is 1.50. The van der Waals surface area contributed by atoms with Gasteiger partial charge in [-0.15, -0.1) is 10.2 Å². The van der Waals surface area contributed by atoms with Crippen LogP contribution in [0, 0.1) is 0 Å². The van der Waals surface area contributed by atoms with Crippen molar-refractivity contribution in [2.75, 3.05) is 5.73 Å². The van der Waals surface area contributed by atoms with Crippen LogP contribution in [0.1, 0.15) is 0 Å². The third kappa shape index (κ3) is 2.45. The second-order valence-corrected chi connectivity index (χ2v) is 4.91. The standard InChI is InChI=1S/C13H9Cl2N5/c14-9-3-1-2-8(6-9)10-7-12(16)20(19-10)13-5-4-11(15)17-18-13/h1-7H,16H2. The van der Waals surface area contributed by atoms with Crippen LogP contribution in [0.4, 0.5) is 5.82 Å². The second kappa shape index (κ2) is 5.11. The maximum absolute atomic E-state index is 5.97. The highest BCUT2D eigenvalue weighted by Gasteiger charge is 2.10. The number of halogens is 2. The molecule has 5 nitrogen and oxygen atoms in total. The number of nitrogen functional groups attached to an aromatic ring is 1. The molecule has 0 atom stereocenters. The van der Waals surface area contributed by atoms with Crippen molar-refractivity contribution in [3.8, 4) is 17.1 Å². The molecule has 0 aliphatic carbocycles. The number of nitrogens with zero attached hydrogens (tertiary/aromatic N) is 4. The summed E-state index contributed by atoms with van der Waals surface area (Å²) in [6.45, 7) is 0. The summed E-state index contributed by atoms with van der Waals surface area (Å²) in [7, 11) is 0. The first-order chi connectivity index (χ1) is 9.63. The van der Waals surface area contributed by atoms with Gasteiger partial charge < -0.3 is 5.73 Å². The molecule has 0 radical (unpaired) electrons. The van der Waals surface area contributed by atoms with Crippen molar-refractivity contribution in [3.05, 3.63) is 52.6 Å². The molecule has 0 aliphatic rings. The van der Waals surface area contributed by atoms with Gasteiger partial charge in [-0.3, -0.25) is 0 Å². The molecule has 2 N–H and O–H groups in total. The summed E-state index contributed by atoms with van der Waals surface area (Å²) in [4.78, 5) is 0. The van der Waals surface area contributed by atoms with Gasteiger partial charge in [-0.25, -0.2) is 0 Å². The number of hydrogen-bond donors (Lipinski definition) is 1. The number of nitrogens with two attached hydrogens (primary N) is 1. The van der Waals surface area contributed by atoms with Crippen LogP contribution < -0.4 is 5.73 Å². The maximum atomic E-state index is 5.97. The average molecular weight is 306 g/mol. The molecule has 0 amide bonds. The molecular weight excluding hydrogens is 297 g/mol. The van der Waals surface area contributed by atoms with Crippen LogP contribution in [-0.4, -0.2) is 20.0 Å². The van der Waals surface area contributed by atoms with E-state index in [-0.39, 0.29) is 0 Å². The Kier molecular flexibility index (Phi) is 3.30. The zero-order valence-corrected chi connectivity index (χ0v) is 11.7. The molecule has 0 fully saturated rings. The first-order valence-electron chi connectivity index (χ1n) is 5.74. The van der Waals surface area contributed by atoms with Crippen LogP contribution in [0.5, 0.6) is 0 Å². The summed E-state index contributed by atoms with van der Waals surface area (Å²) in [5.41, 5.74) is 7.54. The highest BCUT2D eigenvalue weighted by atomic mass is 35.5. The Labute approximate surface area is 125 Å². The first kappa shape index (κ1) is 12.9. The van der Waals surface area contributed by atoms with E-state index in [0.717, 1.165) is 5.56 Å². The molecule has 0 aliphatic heterocycles. The van der Waals surface area contributed by atoms with Crippen LogP contribution >= 0.6 is 23.2 Å². The largest absolute Gasteiger partial charge is 0.384 e. The Hall–Kier alpha value is -2.11. The lowest BCUT2D eigenvalue weighted by molar-refractivity contribution is 0.825. The van der Waals surface area contributed by atoms with E-state index in [2.05, 4.69) is 15.3 Å². The summed E-state index contributed by atoms with van der Waals surface area (Å²) in [5, 5.41) is 13.1. The van der Waals surface area contributed by atoms with E-state index in [1.807, 2.05) is 18.2 Å². The van der Waals surface area contributed by atoms with Crippen LogP contribution in [0.15, 0.2) is 42.5 Å². The molecule has 100 valence electrons. The first-order valence-corrected chi connectivity index (χ1v) is 6.50.